The van der Waals surface area contributed by atoms with Crippen LogP contribution in [0, 0.1) is 5.92 Å². The number of methoxy groups -OCH3 is 1. The van der Waals surface area contributed by atoms with E-state index >= 15 is 0 Å². The smallest absolute Gasteiger partial charge is 0.324 e. The number of carbonyl (C=O) groups excluding carboxylic acids is 3. The summed E-state index contributed by atoms with van der Waals surface area (Å²) in [5.41, 5.74) is -0.552. The third-order valence-electron chi connectivity index (χ3n) is 3.66. The molecule has 1 rings (SSSR count). The summed E-state index contributed by atoms with van der Waals surface area (Å²) >= 11 is 0. The lowest BCUT2D eigenvalue weighted by Gasteiger charge is -2.21. The second-order valence-corrected chi connectivity index (χ2v) is 9.59. The molecule has 0 aliphatic rings. The molecule has 1 unspecified atom stereocenters. The third-order valence-corrected chi connectivity index (χ3v) is 5.12. The molecule has 0 saturated heterocycles. The molecule has 3 amide bonds. The summed E-state index contributed by atoms with van der Waals surface area (Å²) in [5, 5.41) is 4.55. The number of ether oxygens (including phenoxy) is 2. The van der Waals surface area contributed by atoms with E-state index in [1.54, 1.807) is 34.6 Å². The van der Waals surface area contributed by atoms with Crippen molar-refractivity contribution in [2.45, 2.75) is 51.1 Å². The Morgan fingerprint density at radius 3 is 2.10 bits per heavy atom. The van der Waals surface area contributed by atoms with E-state index in [0.29, 0.717) is 5.75 Å². The van der Waals surface area contributed by atoms with Crippen molar-refractivity contribution in [3.8, 4) is 5.75 Å². The Bertz CT molecular complexity index is 859. The van der Waals surface area contributed by atoms with E-state index in [1.807, 2.05) is 5.32 Å². The van der Waals surface area contributed by atoms with Crippen molar-refractivity contribution in [2.75, 3.05) is 13.7 Å². The van der Waals surface area contributed by atoms with Crippen molar-refractivity contribution < 1.29 is 32.3 Å². The van der Waals surface area contributed by atoms with Gasteiger partial charge in [-0.1, -0.05) is 13.8 Å². The van der Waals surface area contributed by atoms with E-state index in [9.17, 15) is 22.8 Å². The molecule has 11 heteroatoms. The van der Waals surface area contributed by atoms with Crippen LogP contribution in [0.5, 0.6) is 5.75 Å². The number of hydrogen-bond acceptors (Lipinski definition) is 7. The maximum absolute atomic E-state index is 12.6. The minimum Gasteiger partial charge on any atom is -0.497 e. The van der Waals surface area contributed by atoms with Crippen molar-refractivity contribution in [1.29, 1.82) is 0 Å². The molecule has 3 N–H and O–H groups in total. The summed E-state index contributed by atoms with van der Waals surface area (Å²) in [6.07, 6.45) is 0. The van der Waals surface area contributed by atoms with Gasteiger partial charge in [0.05, 0.1) is 12.0 Å². The Morgan fingerprint density at radius 2 is 1.63 bits per heavy atom. The summed E-state index contributed by atoms with van der Waals surface area (Å²) in [4.78, 5) is 35.8. The van der Waals surface area contributed by atoms with Gasteiger partial charge in [-0.25, -0.2) is 13.2 Å². The number of esters is 1. The van der Waals surface area contributed by atoms with Crippen molar-refractivity contribution in [3.05, 3.63) is 24.3 Å². The molecule has 0 aliphatic heterocycles. The van der Waals surface area contributed by atoms with Crippen molar-refractivity contribution in [2.24, 2.45) is 5.92 Å². The van der Waals surface area contributed by atoms with Gasteiger partial charge in [0.2, 0.25) is 10.0 Å². The predicted molar refractivity (Wildman–Crippen MR) is 109 cm³/mol. The molecular weight excluding hydrogens is 414 g/mol. The van der Waals surface area contributed by atoms with Crippen LogP contribution in [0.1, 0.15) is 34.6 Å². The van der Waals surface area contributed by atoms with Gasteiger partial charge in [0.1, 0.15) is 11.8 Å². The average molecular weight is 444 g/mol. The fourth-order valence-corrected chi connectivity index (χ4v) is 3.54. The molecule has 1 aromatic carbocycles. The number of nitrogens with one attached hydrogen (secondary N) is 3. The maximum Gasteiger partial charge on any atom is 0.324 e. The van der Waals surface area contributed by atoms with E-state index in [1.165, 1.54) is 31.4 Å². The van der Waals surface area contributed by atoms with E-state index in [0.717, 1.165) is 0 Å². The largest absolute Gasteiger partial charge is 0.497 e. The maximum atomic E-state index is 12.6. The fourth-order valence-electron chi connectivity index (χ4n) is 2.21. The number of benzene rings is 1. The van der Waals surface area contributed by atoms with Crippen LogP contribution in [0.25, 0.3) is 0 Å². The molecule has 0 heterocycles. The molecule has 0 fully saturated rings. The topological polar surface area (TPSA) is 140 Å². The summed E-state index contributed by atoms with van der Waals surface area (Å²) in [6.45, 7) is 7.72. The van der Waals surface area contributed by atoms with E-state index in [2.05, 4.69) is 10.0 Å². The molecule has 0 radical (unpaired) electrons. The first-order valence-electron chi connectivity index (χ1n) is 9.20. The van der Waals surface area contributed by atoms with Gasteiger partial charge >= 0.3 is 12.0 Å². The Hall–Kier alpha value is -2.66. The van der Waals surface area contributed by atoms with Crippen molar-refractivity contribution >= 4 is 27.9 Å². The minimum absolute atomic E-state index is 0.0571. The van der Waals surface area contributed by atoms with Gasteiger partial charge < -0.3 is 14.8 Å². The standard InChI is InChI=1S/C19H29N3O7S/c1-12(2)16(22-30(26,27)14-9-7-13(28-6)8-10-14)17(24)29-11-15(23)20-18(25)21-19(3,4)5/h7-10,12,16,22H,11H2,1-6H3,(H2,20,21,23,25). The zero-order chi connectivity index (χ0) is 23.1. The van der Waals surface area contributed by atoms with Gasteiger partial charge in [-0.15, -0.1) is 0 Å². The highest BCUT2D eigenvalue weighted by molar-refractivity contribution is 7.89. The Morgan fingerprint density at radius 1 is 1.07 bits per heavy atom. The van der Waals surface area contributed by atoms with Crippen LogP contribution >= 0.6 is 0 Å². The highest BCUT2D eigenvalue weighted by Crippen LogP contribution is 2.17. The number of carbonyl (C=O) groups is 3. The number of rotatable bonds is 8. The Kier molecular flexibility index (Phi) is 8.79. The van der Waals surface area contributed by atoms with Gasteiger partial charge in [0, 0.05) is 5.54 Å². The lowest BCUT2D eigenvalue weighted by atomic mass is 10.1. The van der Waals surface area contributed by atoms with E-state index in [4.69, 9.17) is 9.47 Å². The average Bonchev–Trinajstić information content (AvgIpc) is 2.62. The SMILES string of the molecule is COc1ccc(S(=O)(=O)NC(C(=O)OCC(=O)NC(=O)NC(C)(C)C)C(C)C)cc1. The van der Waals surface area contributed by atoms with E-state index in [-0.39, 0.29) is 4.90 Å². The number of urea groups is 1. The van der Waals surface area contributed by atoms with Crippen LogP contribution in [-0.4, -0.2) is 51.6 Å². The molecule has 30 heavy (non-hydrogen) atoms. The van der Waals surface area contributed by atoms with Gasteiger partial charge in [0.25, 0.3) is 5.91 Å². The molecule has 10 nitrogen and oxygen atoms in total. The monoisotopic (exact) mass is 443 g/mol. The summed E-state index contributed by atoms with van der Waals surface area (Å²) < 4.78 is 37.3. The molecule has 0 aromatic heterocycles. The number of hydrogen-bond donors (Lipinski definition) is 3. The first-order chi connectivity index (χ1) is 13.7. The van der Waals surface area contributed by atoms with E-state index < -0.39 is 52.0 Å². The number of amides is 3. The second-order valence-electron chi connectivity index (χ2n) is 7.88. The van der Waals surface area contributed by atoms with Gasteiger partial charge in [-0.2, -0.15) is 4.72 Å². The normalized spacial score (nSPS) is 12.8. The van der Waals surface area contributed by atoms with Crippen LogP contribution in [0.4, 0.5) is 4.79 Å². The van der Waals surface area contributed by atoms with Crippen LogP contribution in [0.3, 0.4) is 0 Å². The van der Waals surface area contributed by atoms with Crippen LogP contribution < -0.4 is 20.1 Å². The molecule has 0 aliphatic carbocycles. The van der Waals surface area contributed by atoms with Gasteiger partial charge in [-0.3, -0.25) is 14.9 Å². The molecule has 1 aromatic rings. The van der Waals surface area contributed by atoms with Crippen molar-refractivity contribution in [3.63, 3.8) is 0 Å². The van der Waals surface area contributed by atoms with Gasteiger partial charge in [-0.05, 0) is 51.0 Å². The summed E-state index contributed by atoms with van der Waals surface area (Å²) in [6, 6.07) is 3.67. The lowest BCUT2D eigenvalue weighted by Crippen LogP contribution is -2.50. The van der Waals surface area contributed by atoms with Crippen LogP contribution in [0.2, 0.25) is 0 Å². The number of sulfonamides is 1. The highest BCUT2D eigenvalue weighted by atomic mass is 32.2. The first kappa shape index (κ1) is 25.4. The van der Waals surface area contributed by atoms with Crippen LogP contribution in [0.15, 0.2) is 29.2 Å². The first-order valence-corrected chi connectivity index (χ1v) is 10.7. The number of imide groups is 1. The third kappa shape index (κ3) is 8.37. The quantitative estimate of drug-likeness (QED) is 0.512. The minimum atomic E-state index is -4.02. The summed E-state index contributed by atoms with van der Waals surface area (Å²) in [7, 11) is -2.57. The molecule has 0 bridgehead atoms. The molecule has 0 saturated carbocycles. The fraction of sp³-hybridized carbons (Fsp3) is 0.526. The Labute approximate surface area is 176 Å². The second kappa shape index (κ2) is 10.4. The highest BCUT2D eigenvalue weighted by Gasteiger charge is 2.30. The van der Waals surface area contributed by atoms with Gasteiger partial charge in [0.15, 0.2) is 6.61 Å². The molecular formula is C19H29N3O7S. The van der Waals surface area contributed by atoms with Crippen molar-refractivity contribution in [1.82, 2.24) is 15.4 Å². The lowest BCUT2D eigenvalue weighted by molar-refractivity contribution is -0.150. The zero-order valence-electron chi connectivity index (χ0n) is 17.9. The molecule has 168 valence electrons. The molecule has 1 atom stereocenters. The predicted octanol–water partition coefficient (Wildman–Crippen LogP) is 1.17. The zero-order valence-corrected chi connectivity index (χ0v) is 18.8. The summed E-state index contributed by atoms with van der Waals surface area (Å²) in [5.74, 6) is -1.76. The van der Waals surface area contributed by atoms with Crippen LogP contribution in [-0.2, 0) is 24.3 Å². The molecule has 0 spiro atoms. The Balaban J connectivity index is 2.74.